The highest BCUT2D eigenvalue weighted by atomic mass is 16.6. The number of carbonyl (C=O) groups is 1. The molecule has 1 amide bonds. The Labute approximate surface area is 190 Å². The number of amidine groups is 1. The fraction of sp³-hybridized carbons (Fsp3) is 0.409. The van der Waals surface area contributed by atoms with Crippen molar-refractivity contribution in [2.75, 3.05) is 31.1 Å². The third-order valence-electron chi connectivity index (χ3n) is 6.06. The van der Waals surface area contributed by atoms with Crippen LogP contribution in [0.15, 0.2) is 41.5 Å². The van der Waals surface area contributed by atoms with E-state index in [0.29, 0.717) is 24.8 Å². The van der Waals surface area contributed by atoms with Gasteiger partial charge in [0.15, 0.2) is 0 Å². The van der Waals surface area contributed by atoms with Crippen LogP contribution in [0.3, 0.4) is 0 Å². The average Bonchev–Trinajstić information content (AvgIpc) is 2.82. The van der Waals surface area contributed by atoms with Gasteiger partial charge in [-0.1, -0.05) is 6.07 Å². The molecule has 1 atom stereocenters. The van der Waals surface area contributed by atoms with Gasteiger partial charge in [0, 0.05) is 25.7 Å². The van der Waals surface area contributed by atoms with Gasteiger partial charge in [-0.05, 0) is 54.5 Å². The Morgan fingerprint density at radius 1 is 1.33 bits per heavy atom. The molecule has 4 rings (SSSR count). The number of ether oxygens (including phenoxy) is 1. The van der Waals surface area contributed by atoms with E-state index in [4.69, 9.17) is 15.6 Å². The summed E-state index contributed by atoms with van der Waals surface area (Å²) in [6, 6.07) is 8.55. The number of amides is 1. The van der Waals surface area contributed by atoms with Crippen molar-refractivity contribution in [3.05, 3.63) is 57.8 Å². The lowest BCUT2D eigenvalue weighted by Gasteiger charge is -2.32. The summed E-state index contributed by atoms with van der Waals surface area (Å²) >= 11 is 0. The summed E-state index contributed by atoms with van der Waals surface area (Å²) in [5.74, 6) is 1.86. The molecule has 1 unspecified atom stereocenters. The molecule has 0 aliphatic carbocycles. The standard InChI is InChI=1S/C22H26N6O5/c23-21(26-22(29)30)20-18-11-17(3-1-15(18)5-8-24-20)33-13-14-6-9-27(10-7-14)19-4-2-16(12-25-19)28(31)32/h1-4,11-12,14,20,24H,5-10,13H2,(H2,23,26)(H,29,30). The second-order valence-electron chi connectivity index (χ2n) is 8.19. The minimum absolute atomic E-state index is 0.0134. The number of hydrogen-bond acceptors (Lipinski definition) is 7. The lowest BCUT2D eigenvalue weighted by molar-refractivity contribution is -0.385. The molecule has 11 heteroatoms. The van der Waals surface area contributed by atoms with Gasteiger partial charge in [0.05, 0.1) is 17.6 Å². The fourth-order valence-corrected chi connectivity index (χ4v) is 4.28. The van der Waals surface area contributed by atoms with Crippen LogP contribution in [0, 0.1) is 16.0 Å². The van der Waals surface area contributed by atoms with Crippen LogP contribution in [0.5, 0.6) is 5.75 Å². The first kappa shape index (κ1) is 22.5. The summed E-state index contributed by atoms with van der Waals surface area (Å²) in [5, 5.41) is 22.9. The number of carboxylic acid groups (broad SMARTS) is 1. The minimum atomic E-state index is -1.32. The van der Waals surface area contributed by atoms with Crippen molar-refractivity contribution in [1.29, 1.82) is 0 Å². The smallest absolute Gasteiger partial charge is 0.432 e. The van der Waals surface area contributed by atoms with Crippen LogP contribution in [0.1, 0.15) is 30.0 Å². The third kappa shape index (κ3) is 5.37. The summed E-state index contributed by atoms with van der Waals surface area (Å²) in [5.41, 5.74) is 7.88. The predicted molar refractivity (Wildman–Crippen MR) is 122 cm³/mol. The first-order chi connectivity index (χ1) is 15.9. The summed E-state index contributed by atoms with van der Waals surface area (Å²) in [4.78, 5) is 31.0. The number of rotatable bonds is 6. The Morgan fingerprint density at radius 3 is 2.79 bits per heavy atom. The van der Waals surface area contributed by atoms with Crippen LogP contribution in [0.4, 0.5) is 16.3 Å². The van der Waals surface area contributed by atoms with Crippen LogP contribution in [-0.4, -0.2) is 53.2 Å². The number of benzene rings is 1. The van der Waals surface area contributed by atoms with E-state index < -0.39 is 17.1 Å². The molecule has 1 aromatic heterocycles. The SMILES string of the molecule is NC(=NC(=O)O)C1NCCc2ccc(OCC3CCN(c4ccc([N+](=O)[O-])cn4)CC3)cc21. The molecule has 4 N–H and O–H groups in total. The molecule has 33 heavy (non-hydrogen) atoms. The zero-order chi connectivity index (χ0) is 23.4. The topological polar surface area (TPSA) is 156 Å². The van der Waals surface area contributed by atoms with Crippen molar-refractivity contribution >= 4 is 23.4 Å². The van der Waals surface area contributed by atoms with Gasteiger partial charge < -0.3 is 25.8 Å². The number of nitrogens with one attached hydrogen (secondary N) is 1. The first-order valence-electron chi connectivity index (χ1n) is 10.8. The molecule has 174 valence electrons. The fourth-order valence-electron chi connectivity index (χ4n) is 4.28. The van der Waals surface area contributed by atoms with Crippen LogP contribution < -0.4 is 20.7 Å². The average molecular weight is 454 g/mol. The van der Waals surface area contributed by atoms with Crippen LogP contribution in [-0.2, 0) is 6.42 Å². The number of aromatic nitrogens is 1. The van der Waals surface area contributed by atoms with E-state index in [0.717, 1.165) is 49.3 Å². The Morgan fingerprint density at radius 2 is 2.12 bits per heavy atom. The number of aliphatic imine (C=N–C) groups is 1. The maximum atomic E-state index is 10.9. The molecular formula is C22H26N6O5. The number of hydrogen-bond donors (Lipinski definition) is 3. The molecule has 0 spiro atoms. The summed E-state index contributed by atoms with van der Waals surface area (Å²) < 4.78 is 6.07. The van der Waals surface area contributed by atoms with Gasteiger partial charge in [-0.2, -0.15) is 4.99 Å². The second kappa shape index (κ2) is 9.82. The molecule has 0 radical (unpaired) electrons. The van der Waals surface area contributed by atoms with Gasteiger partial charge in [-0.15, -0.1) is 0 Å². The molecule has 1 aromatic carbocycles. The maximum absolute atomic E-state index is 10.9. The zero-order valence-corrected chi connectivity index (χ0v) is 18.0. The number of anilines is 1. The van der Waals surface area contributed by atoms with Gasteiger partial charge >= 0.3 is 6.09 Å². The number of piperidine rings is 1. The molecule has 2 aliphatic heterocycles. The molecular weight excluding hydrogens is 428 g/mol. The molecule has 2 aliphatic rings. The monoisotopic (exact) mass is 454 g/mol. The van der Waals surface area contributed by atoms with E-state index >= 15 is 0 Å². The van der Waals surface area contributed by atoms with Crippen LogP contribution >= 0.6 is 0 Å². The Hall–Kier alpha value is -3.73. The van der Waals surface area contributed by atoms with Crippen LogP contribution in [0.2, 0.25) is 0 Å². The van der Waals surface area contributed by atoms with Crippen molar-refractivity contribution in [3.63, 3.8) is 0 Å². The number of fused-ring (bicyclic) bond motifs is 1. The van der Waals surface area contributed by atoms with Crippen molar-refractivity contribution in [2.24, 2.45) is 16.6 Å². The lowest BCUT2D eigenvalue weighted by atomic mass is 9.93. The van der Waals surface area contributed by atoms with E-state index in [1.165, 1.54) is 12.3 Å². The molecule has 1 saturated heterocycles. The third-order valence-corrected chi connectivity index (χ3v) is 6.06. The van der Waals surface area contributed by atoms with Crippen LogP contribution in [0.25, 0.3) is 0 Å². The zero-order valence-electron chi connectivity index (χ0n) is 18.0. The normalized spacial score (nSPS) is 19.1. The Balaban J connectivity index is 1.34. The van der Waals surface area contributed by atoms with Gasteiger partial charge in [-0.3, -0.25) is 10.1 Å². The first-order valence-corrected chi connectivity index (χ1v) is 10.8. The number of nitrogens with zero attached hydrogens (tertiary/aromatic N) is 4. The minimum Gasteiger partial charge on any atom is -0.493 e. The summed E-state index contributed by atoms with van der Waals surface area (Å²) in [6.45, 7) is 2.86. The predicted octanol–water partition coefficient (Wildman–Crippen LogP) is 2.51. The second-order valence-corrected chi connectivity index (χ2v) is 8.19. The maximum Gasteiger partial charge on any atom is 0.432 e. The van der Waals surface area contributed by atoms with E-state index in [9.17, 15) is 14.9 Å². The molecule has 11 nitrogen and oxygen atoms in total. The van der Waals surface area contributed by atoms with Crippen molar-refractivity contribution in [3.8, 4) is 5.75 Å². The summed E-state index contributed by atoms with van der Waals surface area (Å²) in [6.07, 6.45) is 2.64. The molecule has 1 fully saturated rings. The van der Waals surface area contributed by atoms with Gasteiger partial charge in [0.25, 0.3) is 5.69 Å². The number of nitrogens with two attached hydrogens (primary N) is 1. The molecule has 0 saturated carbocycles. The van der Waals surface area contributed by atoms with Gasteiger partial charge in [0.1, 0.15) is 23.6 Å². The van der Waals surface area contributed by atoms with E-state index in [1.807, 2.05) is 18.2 Å². The van der Waals surface area contributed by atoms with E-state index in [1.54, 1.807) is 6.07 Å². The number of pyridine rings is 1. The van der Waals surface area contributed by atoms with Gasteiger partial charge in [-0.25, -0.2) is 9.78 Å². The molecule has 0 bridgehead atoms. The van der Waals surface area contributed by atoms with Gasteiger partial charge in [0.2, 0.25) is 0 Å². The molecule has 2 aromatic rings. The van der Waals surface area contributed by atoms with Crippen molar-refractivity contribution in [2.45, 2.75) is 25.3 Å². The summed E-state index contributed by atoms with van der Waals surface area (Å²) in [7, 11) is 0. The Bertz CT molecular complexity index is 1050. The highest BCUT2D eigenvalue weighted by Gasteiger charge is 2.25. The highest BCUT2D eigenvalue weighted by Crippen LogP contribution is 2.29. The quantitative estimate of drug-likeness (QED) is 0.258. The highest BCUT2D eigenvalue weighted by molar-refractivity contribution is 5.94. The lowest BCUT2D eigenvalue weighted by Crippen LogP contribution is -2.39. The Kier molecular flexibility index (Phi) is 6.68. The number of nitro groups is 1. The van der Waals surface area contributed by atoms with Crippen molar-refractivity contribution in [1.82, 2.24) is 10.3 Å². The largest absolute Gasteiger partial charge is 0.493 e. The molecule has 3 heterocycles. The van der Waals surface area contributed by atoms with E-state index in [-0.39, 0.29) is 11.5 Å². The van der Waals surface area contributed by atoms with Crippen molar-refractivity contribution < 1.29 is 19.6 Å². The van der Waals surface area contributed by atoms with E-state index in [2.05, 4.69) is 20.2 Å².